The van der Waals surface area contributed by atoms with E-state index in [2.05, 4.69) is 5.32 Å². The van der Waals surface area contributed by atoms with Crippen molar-refractivity contribution in [3.8, 4) is 0 Å². The van der Waals surface area contributed by atoms with E-state index in [0.717, 1.165) is 18.2 Å². The number of nitrogens with one attached hydrogen (secondary N) is 1. The smallest absolute Gasteiger partial charge is 0.265 e. The zero-order valence-corrected chi connectivity index (χ0v) is 9.13. The Morgan fingerprint density at radius 1 is 1.29 bits per heavy atom. The van der Waals surface area contributed by atoms with Crippen LogP contribution in [0.2, 0.25) is 0 Å². The van der Waals surface area contributed by atoms with Crippen molar-refractivity contribution in [2.45, 2.75) is 25.5 Å². The van der Waals surface area contributed by atoms with Crippen molar-refractivity contribution in [1.82, 2.24) is 5.32 Å². The summed E-state index contributed by atoms with van der Waals surface area (Å²) in [4.78, 5) is 0. The summed E-state index contributed by atoms with van der Waals surface area (Å²) < 4.78 is 50.2. The summed E-state index contributed by atoms with van der Waals surface area (Å²) in [5, 5.41) is 11.4. The molecule has 6 heteroatoms. The Kier molecular flexibility index (Phi) is 4.89. The van der Waals surface area contributed by atoms with Crippen LogP contribution in [0.25, 0.3) is 0 Å². The van der Waals surface area contributed by atoms with E-state index in [1.54, 1.807) is 0 Å². The first-order valence-corrected chi connectivity index (χ1v) is 5.06. The summed E-state index contributed by atoms with van der Waals surface area (Å²) in [6, 6.07) is 2.26. The van der Waals surface area contributed by atoms with Crippen molar-refractivity contribution in [2.75, 3.05) is 6.54 Å². The second-order valence-corrected chi connectivity index (χ2v) is 3.70. The fourth-order valence-electron chi connectivity index (χ4n) is 1.34. The van der Waals surface area contributed by atoms with E-state index >= 15 is 0 Å². The molecule has 2 unspecified atom stereocenters. The highest BCUT2D eigenvalue weighted by molar-refractivity contribution is 5.21. The summed E-state index contributed by atoms with van der Waals surface area (Å²) in [7, 11) is 0. The van der Waals surface area contributed by atoms with E-state index in [1.807, 2.05) is 0 Å². The minimum Gasteiger partial charge on any atom is -0.386 e. The molecule has 0 heterocycles. The van der Waals surface area contributed by atoms with Gasteiger partial charge in [0.2, 0.25) is 0 Å². The molecule has 0 bridgehead atoms. The fraction of sp³-hybridized carbons (Fsp3) is 0.455. The molecular formula is C11H13F4NO. The van der Waals surface area contributed by atoms with Gasteiger partial charge in [-0.25, -0.2) is 17.6 Å². The molecule has 0 fully saturated rings. The fourth-order valence-corrected chi connectivity index (χ4v) is 1.34. The Morgan fingerprint density at radius 2 is 1.94 bits per heavy atom. The summed E-state index contributed by atoms with van der Waals surface area (Å²) >= 11 is 0. The van der Waals surface area contributed by atoms with E-state index in [-0.39, 0.29) is 5.56 Å². The minimum absolute atomic E-state index is 0.0338. The lowest BCUT2D eigenvalue weighted by molar-refractivity contribution is -0.00443. The Balaban J connectivity index is 2.63. The van der Waals surface area contributed by atoms with Crippen molar-refractivity contribution in [3.63, 3.8) is 0 Å². The third kappa shape index (κ3) is 3.98. The van der Waals surface area contributed by atoms with Crippen LogP contribution in [0.15, 0.2) is 18.2 Å². The van der Waals surface area contributed by atoms with Crippen LogP contribution in [-0.2, 0) is 0 Å². The largest absolute Gasteiger partial charge is 0.386 e. The number of alkyl halides is 2. The highest BCUT2D eigenvalue weighted by Gasteiger charge is 2.18. The molecule has 0 spiro atoms. The number of rotatable bonds is 5. The molecule has 2 N–H and O–H groups in total. The van der Waals surface area contributed by atoms with Crippen molar-refractivity contribution in [2.24, 2.45) is 0 Å². The van der Waals surface area contributed by atoms with Crippen molar-refractivity contribution < 1.29 is 22.7 Å². The molecule has 0 aliphatic heterocycles. The van der Waals surface area contributed by atoms with Crippen LogP contribution in [0.5, 0.6) is 0 Å². The standard InChI is InChI=1S/C11H13F4NO/c1-6(16-5-10(17)11(14)15)8-4-7(12)2-3-9(8)13/h2-4,6,10-11,16-17H,5H2,1H3. The zero-order valence-electron chi connectivity index (χ0n) is 9.13. The first-order valence-electron chi connectivity index (χ1n) is 5.06. The number of aliphatic hydroxyl groups is 1. The van der Waals surface area contributed by atoms with Gasteiger partial charge in [-0.2, -0.15) is 0 Å². The quantitative estimate of drug-likeness (QED) is 0.787. The molecule has 0 aliphatic carbocycles. The monoisotopic (exact) mass is 251 g/mol. The molecule has 0 amide bonds. The second kappa shape index (κ2) is 5.97. The molecule has 0 saturated heterocycles. The van der Waals surface area contributed by atoms with E-state index < -0.39 is 36.8 Å². The van der Waals surface area contributed by atoms with Crippen LogP contribution in [0.3, 0.4) is 0 Å². The van der Waals surface area contributed by atoms with Gasteiger partial charge in [0.1, 0.15) is 17.7 Å². The van der Waals surface area contributed by atoms with Crippen LogP contribution in [0.1, 0.15) is 18.5 Å². The number of hydrogen-bond donors (Lipinski definition) is 2. The van der Waals surface area contributed by atoms with Gasteiger partial charge in [-0.15, -0.1) is 0 Å². The first kappa shape index (κ1) is 13.9. The van der Waals surface area contributed by atoms with Gasteiger partial charge in [-0.1, -0.05) is 0 Å². The molecule has 1 aromatic rings. The maximum atomic E-state index is 13.3. The van der Waals surface area contributed by atoms with Gasteiger partial charge in [0.05, 0.1) is 0 Å². The third-order valence-electron chi connectivity index (χ3n) is 2.35. The topological polar surface area (TPSA) is 32.3 Å². The Bertz CT molecular complexity index is 372. The Hall–Kier alpha value is -1.14. The van der Waals surface area contributed by atoms with Crippen molar-refractivity contribution in [3.05, 3.63) is 35.4 Å². The van der Waals surface area contributed by atoms with E-state index in [4.69, 9.17) is 5.11 Å². The normalized spacial score (nSPS) is 15.0. The highest BCUT2D eigenvalue weighted by atomic mass is 19.3. The summed E-state index contributed by atoms with van der Waals surface area (Å²) in [6.45, 7) is 1.10. The van der Waals surface area contributed by atoms with Gasteiger partial charge in [0.25, 0.3) is 6.43 Å². The molecule has 0 aliphatic rings. The van der Waals surface area contributed by atoms with Gasteiger partial charge >= 0.3 is 0 Å². The van der Waals surface area contributed by atoms with Gasteiger partial charge < -0.3 is 10.4 Å². The van der Waals surface area contributed by atoms with E-state index in [0.29, 0.717) is 0 Å². The summed E-state index contributed by atoms with van der Waals surface area (Å²) in [5.74, 6) is -1.23. The lowest BCUT2D eigenvalue weighted by atomic mass is 10.1. The number of aliphatic hydroxyl groups excluding tert-OH is 1. The molecule has 1 rings (SSSR count). The number of hydrogen-bond acceptors (Lipinski definition) is 2. The zero-order chi connectivity index (χ0) is 13.0. The SMILES string of the molecule is CC(NCC(O)C(F)F)c1cc(F)ccc1F. The summed E-state index contributed by atoms with van der Waals surface area (Å²) in [6.07, 6.45) is -4.69. The molecule has 96 valence electrons. The maximum absolute atomic E-state index is 13.3. The average Bonchev–Trinajstić information content (AvgIpc) is 2.28. The first-order chi connectivity index (χ1) is 7.91. The molecule has 1 aromatic carbocycles. The van der Waals surface area contributed by atoms with Gasteiger partial charge in [-0.05, 0) is 25.1 Å². The molecule has 17 heavy (non-hydrogen) atoms. The van der Waals surface area contributed by atoms with E-state index in [1.165, 1.54) is 6.92 Å². The van der Waals surface area contributed by atoms with Gasteiger partial charge in [0, 0.05) is 18.2 Å². The third-order valence-corrected chi connectivity index (χ3v) is 2.35. The minimum atomic E-state index is -2.87. The second-order valence-electron chi connectivity index (χ2n) is 3.70. The van der Waals surface area contributed by atoms with Crippen LogP contribution >= 0.6 is 0 Å². The van der Waals surface area contributed by atoms with Crippen LogP contribution in [0.4, 0.5) is 17.6 Å². The molecule has 0 aromatic heterocycles. The Morgan fingerprint density at radius 3 is 2.53 bits per heavy atom. The molecule has 2 nitrogen and oxygen atoms in total. The number of benzene rings is 1. The van der Waals surface area contributed by atoms with Gasteiger partial charge in [0.15, 0.2) is 0 Å². The van der Waals surface area contributed by atoms with Crippen LogP contribution < -0.4 is 5.32 Å². The van der Waals surface area contributed by atoms with Crippen LogP contribution in [-0.4, -0.2) is 24.2 Å². The average molecular weight is 251 g/mol. The van der Waals surface area contributed by atoms with Gasteiger partial charge in [-0.3, -0.25) is 0 Å². The molecule has 0 radical (unpaired) electrons. The lowest BCUT2D eigenvalue weighted by Crippen LogP contribution is -2.33. The Labute approximate surface area is 96.3 Å². The molecular weight excluding hydrogens is 238 g/mol. The van der Waals surface area contributed by atoms with Crippen molar-refractivity contribution >= 4 is 0 Å². The molecule has 2 atom stereocenters. The maximum Gasteiger partial charge on any atom is 0.265 e. The predicted molar refractivity (Wildman–Crippen MR) is 54.8 cm³/mol. The van der Waals surface area contributed by atoms with Crippen LogP contribution in [0, 0.1) is 11.6 Å². The van der Waals surface area contributed by atoms with Crippen molar-refractivity contribution in [1.29, 1.82) is 0 Å². The highest BCUT2D eigenvalue weighted by Crippen LogP contribution is 2.18. The lowest BCUT2D eigenvalue weighted by Gasteiger charge is -2.17. The predicted octanol–water partition coefficient (Wildman–Crippen LogP) is 2.24. The number of halogens is 4. The summed E-state index contributed by atoms with van der Waals surface area (Å²) in [5.41, 5.74) is 0.0338. The molecule has 0 saturated carbocycles. The van der Waals surface area contributed by atoms with E-state index in [9.17, 15) is 17.6 Å².